The van der Waals surface area contributed by atoms with E-state index in [9.17, 15) is 0 Å². The molecule has 1 unspecified atom stereocenters. The second-order valence-electron chi connectivity index (χ2n) is 7.35. The summed E-state index contributed by atoms with van der Waals surface area (Å²) in [5, 5.41) is 0. The van der Waals surface area contributed by atoms with E-state index in [2.05, 4.69) is 28.9 Å². The largest absolute Gasteiger partial charge is 0.493 e. The van der Waals surface area contributed by atoms with E-state index in [1.807, 2.05) is 36.4 Å². The lowest BCUT2D eigenvalue weighted by Crippen LogP contribution is -2.35. The third-order valence-corrected chi connectivity index (χ3v) is 5.15. The van der Waals surface area contributed by atoms with Gasteiger partial charge in [-0.3, -0.25) is 0 Å². The van der Waals surface area contributed by atoms with Crippen molar-refractivity contribution in [3.05, 3.63) is 48.5 Å². The average Bonchev–Trinajstić information content (AvgIpc) is 3.10. The number of imidazole rings is 1. The van der Waals surface area contributed by atoms with Crippen molar-refractivity contribution < 1.29 is 4.74 Å². The molecule has 1 saturated heterocycles. The fraction of sp³-hybridized carbons (Fsp3) is 0.409. The summed E-state index contributed by atoms with van der Waals surface area (Å²) >= 11 is 0. The fourth-order valence-electron chi connectivity index (χ4n) is 3.83. The summed E-state index contributed by atoms with van der Waals surface area (Å²) in [6, 6.07) is 16.3. The van der Waals surface area contributed by atoms with Crippen molar-refractivity contribution in [3.8, 4) is 17.1 Å². The molecular weight excluding hydrogens is 322 g/mol. The maximum atomic E-state index is 6.12. The lowest BCUT2D eigenvalue weighted by atomic mass is 10.0. The third-order valence-electron chi connectivity index (χ3n) is 5.15. The van der Waals surface area contributed by atoms with Gasteiger partial charge >= 0.3 is 0 Å². The van der Waals surface area contributed by atoms with E-state index in [1.165, 1.54) is 25.9 Å². The second-order valence-corrected chi connectivity index (χ2v) is 7.35. The summed E-state index contributed by atoms with van der Waals surface area (Å²) in [5.41, 5.74) is 3.06. The van der Waals surface area contributed by atoms with E-state index in [0.717, 1.165) is 53.7 Å². The number of benzene rings is 2. The fourth-order valence-corrected chi connectivity index (χ4v) is 3.83. The zero-order valence-corrected chi connectivity index (χ0v) is 15.4. The Bertz CT molecular complexity index is 824. The molecule has 0 radical (unpaired) electrons. The molecule has 0 bridgehead atoms. The van der Waals surface area contributed by atoms with Gasteiger partial charge in [0.25, 0.3) is 0 Å². The number of nitrogens with one attached hydrogen (secondary N) is 1. The van der Waals surface area contributed by atoms with Crippen molar-refractivity contribution in [3.63, 3.8) is 0 Å². The predicted molar refractivity (Wildman–Crippen MR) is 106 cm³/mol. The number of aromatic amines is 1. The van der Waals surface area contributed by atoms with Crippen LogP contribution in [0, 0.1) is 5.92 Å². The van der Waals surface area contributed by atoms with Gasteiger partial charge in [-0.1, -0.05) is 31.2 Å². The SMILES string of the molecule is CC1CCCN(CCCOc2ccccc2-c2nc3ccccc3[nH]2)C1. The molecule has 0 spiro atoms. The summed E-state index contributed by atoms with van der Waals surface area (Å²) in [6.07, 6.45) is 3.76. The standard InChI is InChI=1S/C22H27N3O/c1-17-8-6-13-25(16-17)14-7-15-26-21-12-5-2-9-18(21)22-23-19-10-3-4-11-20(19)24-22/h2-5,9-12,17H,6-8,13-16H2,1H3,(H,23,24). The number of rotatable bonds is 6. The van der Waals surface area contributed by atoms with Crippen LogP contribution in [0.4, 0.5) is 0 Å². The Hall–Kier alpha value is -2.33. The van der Waals surface area contributed by atoms with Gasteiger partial charge in [0.2, 0.25) is 0 Å². The number of likely N-dealkylation sites (tertiary alicyclic amines) is 1. The molecule has 0 amide bonds. The highest BCUT2D eigenvalue weighted by Gasteiger charge is 2.16. The minimum atomic E-state index is 0.738. The van der Waals surface area contributed by atoms with E-state index in [0.29, 0.717) is 0 Å². The monoisotopic (exact) mass is 349 g/mol. The first-order valence-corrected chi connectivity index (χ1v) is 9.69. The molecule has 1 aliphatic rings. The zero-order chi connectivity index (χ0) is 17.8. The van der Waals surface area contributed by atoms with Crippen LogP contribution in [0.1, 0.15) is 26.2 Å². The van der Waals surface area contributed by atoms with Gasteiger partial charge in [0.15, 0.2) is 0 Å². The minimum absolute atomic E-state index is 0.738. The maximum absolute atomic E-state index is 6.12. The van der Waals surface area contributed by atoms with Crippen molar-refractivity contribution >= 4 is 11.0 Å². The molecule has 3 aromatic rings. The molecule has 1 atom stereocenters. The number of piperidine rings is 1. The Morgan fingerprint density at radius 3 is 2.88 bits per heavy atom. The first kappa shape index (κ1) is 17.1. The normalized spacial score (nSPS) is 18.3. The quantitative estimate of drug-likeness (QED) is 0.654. The topological polar surface area (TPSA) is 41.1 Å². The van der Waals surface area contributed by atoms with E-state index in [-0.39, 0.29) is 0 Å². The van der Waals surface area contributed by atoms with E-state index in [4.69, 9.17) is 9.72 Å². The summed E-state index contributed by atoms with van der Waals surface area (Å²) < 4.78 is 6.12. The molecule has 0 aliphatic carbocycles. The predicted octanol–water partition coefficient (Wildman–Crippen LogP) is 4.73. The summed E-state index contributed by atoms with van der Waals surface area (Å²) in [6.45, 7) is 6.68. The van der Waals surface area contributed by atoms with Gasteiger partial charge in [-0.05, 0) is 56.0 Å². The number of ether oxygens (including phenoxy) is 1. The molecule has 1 aromatic heterocycles. The van der Waals surface area contributed by atoms with Gasteiger partial charge in [-0.25, -0.2) is 4.98 Å². The average molecular weight is 349 g/mol. The molecule has 4 nitrogen and oxygen atoms in total. The maximum Gasteiger partial charge on any atom is 0.142 e. The number of fused-ring (bicyclic) bond motifs is 1. The van der Waals surface area contributed by atoms with Crippen LogP contribution in [-0.4, -0.2) is 41.1 Å². The van der Waals surface area contributed by atoms with Crippen LogP contribution >= 0.6 is 0 Å². The number of hydrogen-bond donors (Lipinski definition) is 1. The highest BCUT2D eigenvalue weighted by molar-refractivity contribution is 5.80. The van der Waals surface area contributed by atoms with Crippen molar-refractivity contribution in [2.45, 2.75) is 26.2 Å². The molecule has 2 heterocycles. The van der Waals surface area contributed by atoms with Crippen LogP contribution in [0.3, 0.4) is 0 Å². The van der Waals surface area contributed by atoms with Crippen LogP contribution in [0.15, 0.2) is 48.5 Å². The van der Waals surface area contributed by atoms with E-state index in [1.54, 1.807) is 0 Å². The zero-order valence-electron chi connectivity index (χ0n) is 15.4. The summed E-state index contributed by atoms with van der Waals surface area (Å²) in [5.74, 6) is 2.60. The van der Waals surface area contributed by atoms with Crippen molar-refractivity contribution in [2.24, 2.45) is 5.92 Å². The molecule has 26 heavy (non-hydrogen) atoms. The molecule has 136 valence electrons. The first-order chi connectivity index (χ1) is 12.8. The molecule has 1 N–H and O–H groups in total. The van der Waals surface area contributed by atoms with Crippen molar-refractivity contribution in [1.29, 1.82) is 0 Å². The Labute approximate surface area is 155 Å². The van der Waals surface area contributed by atoms with Gasteiger partial charge in [0, 0.05) is 13.1 Å². The Kier molecular flexibility index (Phi) is 5.21. The van der Waals surface area contributed by atoms with Crippen molar-refractivity contribution in [1.82, 2.24) is 14.9 Å². The van der Waals surface area contributed by atoms with Gasteiger partial charge in [-0.2, -0.15) is 0 Å². The molecule has 1 aliphatic heterocycles. The molecule has 4 heteroatoms. The highest BCUT2D eigenvalue weighted by atomic mass is 16.5. The minimum Gasteiger partial charge on any atom is -0.493 e. The molecule has 1 fully saturated rings. The lowest BCUT2D eigenvalue weighted by Gasteiger charge is -2.30. The van der Waals surface area contributed by atoms with Crippen molar-refractivity contribution in [2.75, 3.05) is 26.2 Å². The van der Waals surface area contributed by atoms with E-state index < -0.39 is 0 Å². The van der Waals surface area contributed by atoms with E-state index >= 15 is 0 Å². The summed E-state index contributed by atoms with van der Waals surface area (Å²) in [4.78, 5) is 10.7. The number of aromatic nitrogens is 2. The van der Waals surface area contributed by atoms with Gasteiger partial charge < -0.3 is 14.6 Å². The molecule has 2 aromatic carbocycles. The second kappa shape index (κ2) is 7.92. The molecule has 0 saturated carbocycles. The lowest BCUT2D eigenvalue weighted by molar-refractivity contribution is 0.170. The number of para-hydroxylation sites is 3. The van der Waals surface area contributed by atoms with Crippen LogP contribution in [0.2, 0.25) is 0 Å². The van der Waals surface area contributed by atoms with Gasteiger partial charge in [-0.15, -0.1) is 0 Å². The van der Waals surface area contributed by atoms with Gasteiger partial charge in [0.05, 0.1) is 23.2 Å². The number of nitrogens with zero attached hydrogens (tertiary/aromatic N) is 2. The molecular formula is C22H27N3O. The Morgan fingerprint density at radius 1 is 1.15 bits per heavy atom. The van der Waals surface area contributed by atoms with Crippen LogP contribution in [0.5, 0.6) is 5.75 Å². The Morgan fingerprint density at radius 2 is 2.00 bits per heavy atom. The first-order valence-electron chi connectivity index (χ1n) is 9.69. The number of H-pyrrole nitrogens is 1. The third kappa shape index (κ3) is 3.91. The smallest absolute Gasteiger partial charge is 0.142 e. The van der Waals surface area contributed by atoms with Crippen LogP contribution in [-0.2, 0) is 0 Å². The Balaban J connectivity index is 1.39. The molecule has 4 rings (SSSR count). The van der Waals surface area contributed by atoms with Crippen LogP contribution in [0.25, 0.3) is 22.4 Å². The number of hydrogen-bond acceptors (Lipinski definition) is 3. The highest BCUT2D eigenvalue weighted by Crippen LogP contribution is 2.29. The van der Waals surface area contributed by atoms with Crippen LogP contribution < -0.4 is 4.74 Å². The summed E-state index contributed by atoms with van der Waals surface area (Å²) in [7, 11) is 0. The van der Waals surface area contributed by atoms with Gasteiger partial charge in [0.1, 0.15) is 11.6 Å².